The lowest BCUT2D eigenvalue weighted by molar-refractivity contribution is 0.560. The number of halogens is 1. The highest BCUT2D eigenvalue weighted by Gasteiger charge is 2.12. The molecule has 1 heterocycles. The second-order valence-electron chi connectivity index (χ2n) is 4.99. The van der Waals surface area contributed by atoms with Gasteiger partial charge in [-0.1, -0.05) is 6.92 Å². The Labute approximate surface area is 130 Å². The molecule has 0 amide bonds. The van der Waals surface area contributed by atoms with Crippen LogP contribution in [0.3, 0.4) is 0 Å². The van der Waals surface area contributed by atoms with Crippen molar-refractivity contribution in [1.82, 2.24) is 14.9 Å². The molecule has 0 spiro atoms. The number of hydrogen-bond donors (Lipinski definition) is 1. The van der Waals surface area contributed by atoms with Crippen LogP contribution >= 0.6 is 11.8 Å². The van der Waals surface area contributed by atoms with Crippen molar-refractivity contribution in [2.75, 3.05) is 12.8 Å². The van der Waals surface area contributed by atoms with Crippen molar-refractivity contribution in [2.45, 2.75) is 37.2 Å². The molecule has 0 fully saturated rings. The Hall–Kier alpha value is -1.33. The normalized spacial score (nSPS) is 12.5. The first-order chi connectivity index (χ1) is 10.2. The van der Waals surface area contributed by atoms with E-state index in [1.807, 2.05) is 31.6 Å². The molecule has 1 aromatic carbocycles. The van der Waals surface area contributed by atoms with Crippen LogP contribution in [0.1, 0.15) is 19.2 Å². The second-order valence-corrected chi connectivity index (χ2v) is 6.08. The van der Waals surface area contributed by atoms with E-state index < -0.39 is 0 Å². The van der Waals surface area contributed by atoms with Crippen molar-refractivity contribution < 1.29 is 4.39 Å². The van der Waals surface area contributed by atoms with E-state index in [1.54, 1.807) is 11.8 Å². The van der Waals surface area contributed by atoms with Crippen molar-refractivity contribution in [3.8, 4) is 0 Å². The first-order valence-electron chi connectivity index (χ1n) is 7.28. The molecule has 0 bridgehead atoms. The summed E-state index contributed by atoms with van der Waals surface area (Å²) < 4.78 is 15.1. The lowest BCUT2D eigenvalue weighted by atomic mass is 10.2. The average molecular weight is 307 g/mol. The van der Waals surface area contributed by atoms with Crippen LogP contribution in [0.25, 0.3) is 0 Å². The molecule has 1 atom stereocenters. The van der Waals surface area contributed by atoms with Gasteiger partial charge >= 0.3 is 0 Å². The number of hydrogen-bond acceptors (Lipinski definition) is 3. The smallest absolute Gasteiger partial charge is 0.123 e. The molecule has 2 rings (SSSR count). The maximum Gasteiger partial charge on any atom is 0.123 e. The minimum absolute atomic E-state index is 0.189. The Morgan fingerprint density at radius 2 is 2.10 bits per heavy atom. The molecule has 2 aromatic rings. The van der Waals surface area contributed by atoms with Crippen LogP contribution in [0.5, 0.6) is 0 Å². The molecule has 1 aromatic heterocycles. The standard InChI is InChI=1S/C16H22FN3S/c1-3-9-20-10-8-19-16(20)11-14(18-2)12-21-15-6-4-13(17)5-7-15/h4-8,10,14,18H,3,9,11-12H2,1-2H3. The summed E-state index contributed by atoms with van der Waals surface area (Å²) in [6, 6.07) is 7.00. The molecule has 0 aliphatic rings. The zero-order valence-electron chi connectivity index (χ0n) is 12.6. The maximum absolute atomic E-state index is 12.9. The monoisotopic (exact) mass is 307 g/mol. The molecule has 0 aliphatic carbocycles. The molecule has 114 valence electrons. The van der Waals surface area contributed by atoms with Crippen LogP contribution in [0.15, 0.2) is 41.6 Å². The van der Waals surface area contributed by atoms with E-state index in [0.29, 0.717) is 6.04 Å². The highest BCUT2D eigenvalue weighted by atomic mass is 32.2. The van der Waals surface area contributed by atoms with Crippen LogP contribution in [0.2, 0.25) is 0 Å². The topological polar surface area (TPSA) is 29.9 Å². The fourth-order valence-corrected chi connectivity index (χ4v) is 3.17. The summed E-state index contributed by atoms with van der Waals surface area (Å²) in [6.07, 6.45) is 5.92. The van der Waals surface area contributed by atoms with Crippen LogP contribution < -0.4 is 5.32 Å². The molecule has 0 saturated carbocycles. The SMILES string of the molecule is CCCn1ccnc1CC(CSc1ccc(F)cc1)NC. The number of nitrogens with one attached hydrogen (secondary N) is 1. The van der Waals surface area contributed by atoms with Crippen molar-refractivity contribution >= 4 is 11.8 Å². The quantitative estimate of drug-likeness (QED) is 0.759. The van der Waals surface area contributed by atoms with Gasteiger partial charge in [0, 0.05) is 42.0 Å². The molecule has 1 N–H and O–H groups in total. The Morgan fingerprint density at radius 3 is 2.76 bits per heavy atom. The van der Waals surface area contributed by atoms with E-state index in [-0.39, 0.29) is 5.82 Å². The summed E-state index contributed by atoms with van der Waals surface area (Å²) in [5.74, 6) is 1.86. The number of rotatable bonds is 8. The Morgan fingerprint density at radius 1 is 1.33 bits per heavy atom. The number of thioether (sulfide) groups is 1. The lowest BCUT2D eigenvalue weighted by Crippen LogP contribution is -2.31. The first-order valence-corrected chi connectivity index (χ1v) is 8.27. The zero-order chi connectivity index (χ0) is 15.1. The van der Waals surface area contributed by atoms with Crippen LogP contribution in [-0.2, 0) is 13.0 Å². The van der Waals surface area contributed by atoms with Gasteiger partial charge in [0.15, 0.2) is 0 Å². The second kappa shape index (κ2) is 8.20. The maximum atomic E-state index is 12.9. The van der Waals surface area contributed by atoms with E-state index in [9.17, 15) is 4.39 Å². The number of aromatic nitrogens is 2. The van der Waals surface area contributed by atoms with Crippen LogP contribution in [0, 0.1) is 5.82 Å². The molecule has 3 nitrogen and oxygen atoms in total. The molecule has 21 heavy (non-hydrogen) atoms. The Kier molecular flexibility index (Phi) is 6.26. The van der Waals surface area contributed by atoms with E-state index >= 15 is 0 Å². The fraction of sp³-hybridized carbons (Fsp3) is 0.438. The van der Waals surface area contributed by atoms with Crippen molar-refractivity contribution in [3.63, 3.8) is 0 Å². The number of aryl methyl sites for hydroxylation is 1. The highest BCUT2D eigenvalue weighted by Crippen LogP contribution is 2.20. The van der Waals surface area contributed by atoms with E-state index in [2.05, 4.69) is 21.8 Å². The van der Waals surface area contributed by atoms with Gasteiger partial charge in [0.1, 0.15) is 11.6 Å². The van der Waals surface area contributed by atoms with Gasteiger partial charge < -0.3 is 9.88 Å². The van der Waals surface area contributed by atoms with Gasteiger partial charge in [-0.2, -0.15) is 0 Å². The minimum atomic E-state index is -0.189. The largest absolute Gasteiger partial charge is 0.335 e. The summed E-state index contributed by atoms with van der Waals surface area (Å²) in [7, 11) is 1.98. The van der Waals surface area contributed by atoms with Gasteiger partial charge in [-0.05, 0) is 37.7 Å². The average Bonchev–Trinajstić information content (AvgIpc) is 2.92. The molecular weight excluding hydrogens is 285 g/mol. The summed E-state index contributed by atoms with van der Waals surface area (Å²) in [4.78, 5) is 5.54. The number of benzene rings is 1. The van der Waals surface area contributed by atoms with E-state index in [0.717, 1.165) is 35.9 Å². The number of nitrogens with zero attached hydrogens (tertiary/aromatic N) is 2. The summed E-state index contributed by atoms with van der Waals surface area (Å²) >= 11 is 1.74. The summed E-state index contributed by atoms with van der Waals surface area (Å²) in [5, 5.41) is 3.34. The molecule has 0 aliphatic heterocycles. The van der Waals surface area contributed by atoms with E-state index in [1.165, 1.54) is 12.1 Å². The lowest BCUT2D eigenvalue weighted by Gasteiger charge is -2.16. The van der Waals surface area contributed by atoms with Gasteiger partial charge in [0.25, 0.3) is 0 Å². The van der Waals surface area contributed by atoms with Crippen molar-refractivity contribution in [3.05, 3.63) is 48.3 Å². The van der Waals surface area contributed by atoms with E-state index in [4.69, 9.17) is 0 Å². The van der Waals surface area contributed by atoms with Crippen LogP contribution in [0.4, 0.5) is 4.39 Å². The third-order valence-corrected chi connectivity index (χ3v) is 4.54. The third kappa shape index (κ3) is 4.86. The highest BCUT2D eigenvalue weighted by molar-refractivity contribution is 7.99. The number of imidazole rings is 1. The molecule has 1 unspecified atom stereocenters. The fourth-order valence-electron chi connectivity index (χ4n) is 2.17. The summed E-state index contributed by atoms with van der Waals surface area (Å²) in [5.41, 5.74) is 0. The van der Waals surface area contributed by atoms with Crippen molar-refractivity contribution in [1.29, 1.82) is 0 Å². The predicted molar refractivity (Wildman–Crippen MR) is 86.2 cm³/mol. The third-order valence-electron chi connectivity index (χ3n) is 3.37. The Bertz CT molecular complexity index is 539. The van der Waals surface area contributed by atoms with Gasteiger partial charge in [0.05, 0.1) is 0 Å². The molecule has 5 heteroatoms. The number of likely N-dealkylation sites (N-methyl/N-ethyl adjacent to an activating group) is 1. The minimum Gasteiger partial charge on any atom is -0.335 e. The van der Waals surface area contributed by atoms with Gasteiger partial charge in [0.2, 0.25) is 0 Å². The first kappa shape index (κ1) is 16.0. The molecule has 0 radical (unpaired) electrons. The molecular formula is C16H22FN3S. The van der Waals surface area contributed by atoms with Crippen molar-refractivity contribution in [2.24, 2.45) is 0 Å². The predicted octanol–water partition coefficient (Wildman–Crippen LogP) is 3.36. The zero-order valence-corrected chi connectivity index (χ0v) is 13.4. The Balaban J connectivity index is 1.90. The van der Waals surface area contributed by atoms with Gasteiger partial charge in [-0.25, -0.2) is 9.37 Å². The molecule has 0 saturated heterocycles. The summed E-state index contributed by atoms with van der Waals surface area (Å²) in [6.45, 7) is 3.18. The van der Waals surface area contributed by atoms with Gasteiger partial charge in [-0.3, -0.25) is 0 Å². The van der Waals surface area contributed by atoms with Gasteiger partial charge in [-0.15, -0.1) is 11.8 Å². The van der Waals surface area contributed by atoms with Crippen LogP contribution in [-0.4, -0.2) is 28.4 Å².